The summed E-state index contributed by atoms with van der Waals surface area (Å²) in [5.74, 6) is -0.170. The van der Waals surface area contributed by atoms with Crippen molar-refractivity contribution in [3.63, 3.8) is 0 Å². The van der Waals surface area contributed by atoms with E-state index in [1.54, 1.807) is 6.07 Å². The van der Waals surface area contributed by atoms with Crippen LogP contribution in [0.1, 0.15) is 0 Å². The summed E-state index contributed by atoms with van der Waals surface area (Å²) in [6.45, 7) is 0.297. The summed E-state index contributed by atoms with van der Waals surface area (Å²) in [4.78, 5) is 0. The van der Waals surface area contributed by atoms with Crippen LogP contribution in [0.3, 0.4) is 0 Å². The van der Waals surface area contributed by atoms with Crippen molar-refractivity contribution in [2.75, 3.05) is 17.7 Å². The van der Waals surface area contributed by atoms with Gasteiger partial charge in [0, 0.05) is 11.0 Å². The summed E-state index contributed by atoms with van der Waals surface area (Å²) < 4.78 is 13.6. The molecular formula is C9H10BrClFNO. The standard InChI is InChI=1S/C9H10BrClFNO/c10-8-2-1-6(12)3-9(8)13-5-7(14)4-11/h1-3,7,13-14H,4-5H2. The molecule has 0 aliphatic rings. The molecule has 0 spiro atoms. The van der Waals surface area contributed by atoms with Gasteiger partial charge >= 0.3 is 0 Å². The summed E-state index contributed by atoms with van der Waals surface area (Å²) in [6, 6.07) is 4.31. The third-order valence-corrected chi connectivity index (χ3v) is 2.68. The number of nitrogens with one attached hydrogen (secondary N) is 1. The minimum atomic E-state index is -0.633. The molecular weight excluding hydrogens is 272 g/mol. The van der Waals surface area contributed by atoms with Gasteiger partial charge in [0.15, 0.2) is 0 Å². The Morgan fingerprint density at radius 1 is 1.57 bits per heavy atom. The van der Waals surface area contributed by atoms with E-state index in [0.717, 1.165) is 4.47 Å². The number of halogens is 3. The Balaban J connectivity index is 2.62. The SMILES string of the molecule is OC(CCl)CNc1cc(F)ccc1Br. The van der Waals surface area contributed by atoms with Crippen LogP contribution in [0.5, 0.6) is 0 Å². The topological polar surface area (TPSA) is 32.3 Å². The van der Waals surface area contributed by atoms with Crippen molar-refractivity contribution in [2.24, 2.45) is 0 Å². The number of hydrogen-bond donors (Lipinski definition) is 2. The quantitative estimate of drug-likeness (QED) is 0.832. The van der Waals surface area contributed by atoms with Crippen molar-refractivity contribution in [3.8, 4) is 0 Å². The molecule has 1 aromatic carbocycles. The van der Waals surface area contributed by atoms with Gasteiger partial charge in [-0.05, 0) is 34.1 Å². The number of hydrogen-bond acceptors (Lipinski definition) is 2. The molecule has 1 aromatic rings. The highest BCUT2D eigenvalue weighted by molar-refractivity contribution is 9.10. The molecule has 0 radical (unpaired) electrons. The first-order chi connectivity index (χ1) is 6.63. The Kier molecular flexibility index (Phi) is 4.65. The summed E-state index contributed by atoms with van der Waals surface area (Å²) in [7, 11) is 0. The van der Waals surface area contributed by atoms with Gasteiger partial charge in [0.25, 0.3) is 0 Å². The average Bonchev–Trinajstić information content (AvgIpc) is 2.19. The molecule has 0 bridgehead atoms. The molecule has 0 aliphatic carbocycles. The maximum absolute atomic E-state index is 12.8. The van der Waals surface area contributed by atoms with E-state index in [4.69, 9.17) is 11.6 Å². The fourth-order valence-corrected chi connectivity index (χ4v) is 1.41. The summed E-state index contributed by atoms with van der Waals surface area (Å²) in [5, 5.41) is 12.1. The van der Waals surface area contributed by atoms with Gasteiger partial charge in [-0.3, -0.25) is 0 Å². The van der Waals surface area contributed by atoms with Crippen molar-refractivity contribution in [2.45, 2.75) is 6.10 Å². The summed E-state index contributed by atoms with van der Waals surface area (Å²) in [5.41, 5.74) is 0.606. The molecule has 0 saturated carbocycles. The van der Waals surface area contributed by atoms with Crippen LogP contribution in [0.15, 0.2) is 22.7 Å². The van der Waals surface area contributed by atoms with Crippen molar-refractivity contribution in [1.29, 1.82) is 0 Å². The lowest BCUT2D eigenvalue weighted by Crippen LogP contribution is -2.20. The molecule has 78 valence electrons. The Morgan fingerprint density at radius 3 is 2.93 bits per heavy atom. The zero-order chi connectivity index (χ0) is 10.6. The Labute approximate surface area is 95.2 Å². The van der Waals surface area contributed by atoms with E-state index in [-0.39, 0.29) is 11.7 Å². The largest absolute Gasteiger partial charge is 0.390 e. The lowest BCUT2D eigenvalue weighted by molar-refractivity contribution is 0.211. The molecule has 0 amide bonds. The molecule has 2 nitrogen and oxygen atoms in total. The maximum Gasteiger partial charge on any atom is 0.125 e. The molecule has 0 heterocycles. The highest BCUT2D eigenvalue weighted by atomic mass is 79.9. The van der Waals surface area contributed by atoms with Crippen molar-refractivity contribution in [1.82, 2.24) is 0 Å². The molecule has 1 unspecified atom stereocenters. The number of aliphatic hydroxyl groups excluding tert-OH is 1. The molecule has 0 aliphatic heterocycles. The zero-order valence-corrected chi connectivity index (χ0v) is 9.65. The number of anilines is 1. The van der Waals surface area contributed by atoms with E-state index in [0.29, 0.717) is 12.2 Å². The lowest BCUT2D eigenvalue weighted by Gasteiger charge is -2.11. The van der Waals surface area contributed by atoms with Crippen molar-refractivity contribution < 1.29 is 9.50 Å². The van der Waals surface area contributed by atoms with E-state index in [1.165, 1.54) is 12.1 Å². The van der Waals surface area contributed by atoms with Crippen LogP contribution in [-0.2, 0) is 0 Å². The fraction of sp³-hybridized carbons (Fsp3) is 0.333. The van der Waals surface area contributed by atoms with Gasteiger partial charge in [0.2, 0.25) is 0 Å². The first-order valence-corrected chi connectivity index (χ1v) is 5.39. The molecule has 5 heteroatoms. The summed E-state index contributed by atoms with van der Waals surface area (Å²) >= 11 is 8.67. The van der Waals surface area contributed by atoms with Crippen LogP contribution >= 0.6 is 27.5 Å². The second-order valence-corrected chi connectivity index (χ2v) is 3.98. The van der Waals surface area contributed by atoms with Crippen LogP contribution < -0.4 is 5.32 Å². The third-order valence-electron chi connectivity index (χ3n) is 1.63. The minimum absolute atomic E-state index is 0.153. The highest BCUT2D eigenvalue weighted by Crippen LogP contribution is 2.22. The van der Waals surface area contributed by atoms with Gasteiger partial charge < -0.3 is 10.4 Å². The number of rotatable bonds is 4. The molecule has 14 heavy (non-hydrogen) atoms. The normalized spacial score (nSPS) is 12.6. The summed E-state index contributed by atoms with van der Waals surface area (Å²) in [6.07, 6.45) is -0.633. The first-order valence-electron chi connectivity index (χ1n) is 4.06. The van der Waals surface area contributed by atoms with E-state index in [9.17, 15) is 9.50 Å². The van der Waals surface area contributed by atoms with Gasteiger partial charge in [-0.25, -0.2) is 4.39 Å². The van der Waals surface area contributed by atoms with E-state index in [1.807, 2.05) is 0 Å². The van der Waals surface area contributed by atoms with Crippen LogP contribution in [0.4, 0.5) is 10.1 Å². The first kappa shape index (κ1) is 11.8. The zero-order valence-electron chi connectivity index (χ0n) is 7.30. The van der Waals surface area contributed by atoms with E-state index >= 15 is 0 Å². The Morgan fingerprint density at radius 2 is 2.29 bits per heavy atom. The van der Waals surface area contributed by atoms with Crippen LogP contribution in [0, 0.1) is 5.82 Å². The Hall–Kier alpha value is -0.320. The number of benzene rings is 1. The van der Waals surface area contributed by atoms with Crippen molar-refractivity contribution >= 4 is 33.2 Å². The molecule has 1 atom stereocenters. The minimum Gasteiger partial charge on any atom is -0.390 e. The van der Waals surface area contributed by atoms with Crippen LogP contribution in [0.25, 0.3) is 0 Å². The smallest absolute Gasteiger partial charge is 0.125 e. The van der Waals surface area contributed by atoms with Crippen LogP contribution in [-0.4, -0.2) is 23.6 Å². The Bertz CT molecular complexity index is 311. The second-order valence-electron chi connectivity index (χ2n) is 2.81. The van der Waals surface area contributed by atoms with Gasteiger partial charge in [0.05, 0.1) is 17.7 Å². The highest BCUT2D eigenvalue weighted by Gasteiger charge is 2.04. The average molecular weight is 283 g/mol. The monoisotopic (exact) mass is 281 g/mol. The third kappa shape index (κ3) is 3.44. The predicted octanol–water partition coefficient (Wildman–Crippen LogP) is 2.60. The predicted molar refractivity (Wildman–Crippen MR) is 59.3 cm³/mol. The van der Waals surface area contributed by atoms with Gasteiger partial charge in [-0.15, -0.1) is 11.6 Å². The second kappa shape index (κ2) is 5.53. The molecule has 2 N–H and O–H groups in total. The molecule has 0 fully saturated rings. The van der Waals surface area contributed by atoms with Crippen molar-refractivity contribution in [3.05, 3.63) is 28.5 Å². The molecule has 0 aromatic heterocycles. The number of aliphatic hydroxyl groups is 1. The molecule has 0 saturated heterocycles. The van der Waals surface area contributed by atoms with Gasteiger partial charge in [-0.1, -0.05) is 0 Å². The maximum atomic E-state index is 12.8. The van der Waals surface area contributed by atoms with Gasteiger partial charge in [-0.2, -0.15) is 0 Å². The lowest BCUT2D eigenvalue weighted by atomic mass is 10.3. The van der Waals surface area contributed by atoms with Gasteiger partial charge in [0.1, 0.15) is 5.82 Å². The number of alkyl halides is 1. The van der Waals surface area contributed by atoms with Crippen LogP contribution in [0.2, 0.25) is 0 Å². The van der Waals surface area contributed by atoms with E-state index < -0.39 is 6.10 Å². The van der Waals surface area contributed by atoms with E-state index in [2.05, 4.69) is 21.2 Å². The fourth-order valence-electron chi connectivity index (χ4n) is 0.915. The molecule has 1 rings (SSSR count).